The summed E-state index contributed by atoms with van der Waals surface area (Å²) in [5.74, 6) is 0.331. The molecule has 1 amide bonds. The first-order chi connectivity index (χ1) is 11.1. The Morgan fingerprint density at radius 3 is 2.91 bits per heavy atom. The third-order valence-electron chi connectivity index (χ3n) is 5.50. The van der Waals surface area contributed by atoms with Crippen LogP contribution in [0.25, 0.3) is 0 Å². The number of carbonyl (C=O) groups is 1. The van der Waals surface area contributed by atoms with Crippen molar-refractivity contribution in [3.63, 3.8) is 0 Å². The number of unbranched alkanes of at least 4 members (excludes halogenated alkanes) is 1. The monoisotopic (exact) mass is 335 g/mol. The van der Waals surface area contributed by atoms with E-state index in [1.54, 1.807) is 11.3 Å². The summed E-state index contributed by atoms with van der Waals surface area (Å²) < 4.78 is 0. The summed E-state index contributed by atoms with van der Waals surface area (Å²) in [5.41, 5.74) is 1.16. The molecule has 2 aliphatic heterocycles. The van der Waals surface area contributed by atoms with Gasteiger partial charge in [-0.15, -0.1) is 11.3 Å². The second kappa shape index (κ2) is 7.31. The first-order valence-corrected chi connectivity index (χ1v) is 9.95. The van der Waals surface area contributed by atoms with Crippen molar-refractivity contribution in [2.24, 2.45) is 0 Å². The highest BCUT2D eigenvalue weighted by Crippen LogP contribution is 2.40. The molecule has 1 aromatic heterocycles. The van der Waals surface area contributed by atoms with E-state index in [2.05, 4.69) is 27.1 Å². The largest absolute Gasteiger partial charge is 0.331 e. The molecule has 1 aromatic rings. The quantitative estimate of drug-likeness (QED) is 0.825. The number of hydrogen-bond acceptors (Lipinski definition) is 4. The first kappa shape index (κ1) is 16.9. The molecule has 2 fully saturated rings. The number of nitrogens with zero attached hydrogens (tertiary/aromatic N) is 3. The van der Waals surface area contributed by atoms with Gasteiger partial charge in [0.25, 0.3) is 0 Å². The van der Waals surface area contributed by atoms with E-state index in [0.717, 1.165) is 42.9 Å². The molecule has 2 aliphatic rings. The standard InChI is InChI=1S/C18H29N3OS/c1-3-4-10-20-11-5-7-18(9-12-20)8-6-17(22)21(18)13-16-14-23-15(2)19-16/h14H,3-13H2,1-2H3/t18-/m1/s1. The molecule has 0 bridgehead atoms. The third kappa shape index (κ3) is 3.77. The minimum atomic E-state index is 0.0928. The molecular formula is C18H29N3OS. The van der Waals surface area contributed by atoms with E-state index in [0.29, 0.717) is 12.5 Å². The highest BCUT2D eigenvalue weighted by molar-refractivity contribution is 7.09. The lowest BCUT2D eigenvalue weighted by Gasteiger charge is -2.38. The van der Waals surface area contributed by atoms with Crippen LogP contribution in [0.4, 0.5) is 0 Å². The summed E-state index contributed by atoms with van der Waals surface area (Å²) in [6, 6.07) is 0. The van der Waals surface area contributed by atoms with Crippen LogP contribution in [0.1, 0.15) is 62.6 Å². The van der Waals surface area contributed by atoms with Crippen LogP contribution in [0, 0.1) is 6.92 Å². The van der Waals surface area contributed by atoms with Crippen molar-refractivity contribution >= 4 is 17.2 Å². The predicted molar refractivity (Wildman–Crippen MR) is 94.6 cm³/mol. The van der Waals surface area contributed by atoms with Crippen molar-refractivity contribution < 1.29 is 4.79 Å². The van der Waals surface area contributed by atoms with Gasteiger partial charge in [0.2, 0.25) is 5.91 Å². The van der Waals surface area contributed by atoms with Crippen LogP contribution < -0.4 is 0 Å². The van der Waals surface area contributed by atoms with Gasteiger partial charge in [0.05, 0.1) is 17.2 Å². The molecule has 0 saturated carbocycles. The average molecular weight is 336 g/mol. The molecule has 0 aromatic carbocycles. The highest BCUT2D eigenvalue weighted by atomic mass is 32.1. The van der Waals surface area contributed by atoms with Gasteiger partial charge in [-0.25, -0.2) is 4.98 Å². The topological polar surface area (TPSA) is 36.4 Å². The lowest BCUT2D eigenvalue weighted by molar-refractivity contribution is -0.132. The van der Waals surface area contributed by atoms with Crippen molar-refractivity contribution in [3.8, 4) is 0 Å². The van der Waals surface area contributed by atoms with Gasteiger partial charge in [-0.05, 0) is 52.1 Å². The van der Waals surface area contributed by atoms with Crippen LogP contribution in [-0.2, 0) is 11.3 Å². The maximum atomic E-state index is 12.5. The summed E-state index contributed by atoms with van der Waals surface area (Å²) >= 11 is 1.68. The van der Waals surface area contributed by atoms with Gasteiger partial charge in [-0.3, -0.25) is 4.79 Å². The van der Waals surface area contributed by atoms with Gasteiger partial charge < -0.3 is 9.80 Å². The summed E-state index contributed by atoms with van der Waals surface area (Å²) in [6.07, 6.45) is 7.80. The van der Waals surface area contributed by atoms with E-state index in [9.17, 15) is 4.79 Å². The normalized spacial score (nSPS) is 26.2. The zero-order valence-electron chi connectivity index (χ0n) is 14.5. The fourth-order valence-corrected chi connectivity index (χ4v) is 4.74. The SMILES string of the molecule is CCCCN1CCC[C@@]2(CCC(=O)N2Cc2csc(C)n2)CC1. The Bertz CT molecular complexity index is 544. The van der Waals surface area contributed by atoms with Gasteiger partial charge in [0.15, 0.2) is 0 Å². The Labute approximate surface area is 143 Å². The van der Waals surface area contributed by atoms with E-state index in [4.69, 9.17) is 0 Å². The third-order valence-corrected chi connectivity index (χ3v) is 6.32. The van der Waals surface area contributed by atoms with Crippen LogP contribution in [0.3, 0.4) is 0 Å². The second-order valence-electron chi connectivity index (χ2n) is 7.11. The van der Waals surface area contributed by atoms with E-state index in [1.165, 1.54) is 32.4 Å². The zero-order chi connectivity index (χ0) is 16.3. The number of amides is 1. The Morgan fingerprint density at radius 1 is 1.30 bits per heavy atom. The average Bonchev–Trinajstić information content (AvgIpc) is 3.00. The fourth-order valence-electron chi connectivity index (χ4n) is 4.13. The zero-order valence-corrected chi connectivity index (χ0v) is 15.3. The highest BCUT2D eigenvalue weighted by Gasteiger charge is 2.45. The molecule has 1 spiro atoms. The molecule has 0 radical (unpaired) electrons. The molecule has 0 aliphatic carbocycles. The Hall–Kier alpha value is -0.940. The number of rotatable bonds is 5. The number of carbonyl (C=O) groups excluding carboxylic acids is 1. The minimum absolute atomic E-state index is 0.0928. The maximum absolute atomic E-state index is 12.5. The Balaban J connectivity index is 1.69. The van der Waals surface area contributed by atoms with Crippen molar-refractivity contribution in [2.45, 2.75) is 70.9 Å². The number of aromatic nitrogens is 1. The summed E-state index contributed by atoms with van der Waals surface area (Å²) in [6.45, 7) is 8.54. The molecule has 0 N–H and O–H groups in total. The maximum Gasteiger partial charge on any atom is 0.223 e. The van der Waals surface area contributed by atoms with E-state index >= 15 is 0 Å². The molecule has 1 atom stereocenters. The summed E-state index contributed by atoms with van der Waals surface area (Å²) in [5, 5.41) is 3.20. The molecule has 4 nitrogen and oxygen atoms in total. The lowest BCUT2D eigenvalue weighted by atomic mass is 9.87. The van der Waals surface area contributed by atoms with Crippen LogP contribution in [0.2, 0.25) is 0 Å². The van der Waals surface area contributed by atoms with Gasteiger partial charge in [-0.1, -0.05) is 13.3 Å². The molecule has 3 rings (SSSR count). The summed E-state index contributed by atoms with van der Waals surface area (Å²) in [4.78, 5) is 21.9. The van der Waals surface area contributed by atoms with Crippen molar-refractivity contribution in [2.75, 3.05) is 19.6 Å². The fraction of sp³-hybridized carbons (Fsp3) is 0.778. The first-order valence-electron chi connectivity index (χ1n) is 9.07. The molecular weight excluding hydrogens is 306 g/mol. The molecule has 5 heteroatoms. The number of likely N-dealkylation sites (tertiary alicyclic amines) is 2. The van der Waals surface area contributed by atoms with Gasteiger partial charge in [-0.2, -0.15) is 0 Å². The Kier molecular flexibility index (Phi) is 5.37. The lowest BCUT2D eigenvalue weighted by Crippen LogP contribution is -2.46. The van der Waals surface area contributed by atoms with E-state index in [-0.39, 0.29) is 5.54 Å². The van der Waals surface area contributed by atoms with E-state index < -0.39 is 0 Å². The van der Waals surface area contributed by atoms with E-state index in [1.807, 2.05) is 6.92 Å². The van der Waals surface area contributed by atoms with Gasteiger partial charge >= 0.3 is 0 Å². The number of thiazole rings is 1. The molecule has 0 unspecified atom stereocenters. The molecule has 3 heterocycles. The minimum Gasteiger partial charge on any atom is -0.331 e. The molecule has 128 valence electrons. The van der Waals surface area contributed by atoms with Crippen LogP contribution in [0.5, 0.6) is 0 Å². The van der Waals surface area contributed by atoms with Crippen LogP contribution in [0.15, 0.2) is 5.38 Å². The van der Waals surface area contributed by atoms with Crippen LogP contribution >= 0.6 is 11.3 Å². The van der Waals surface area contributed by atoms with Crippen LogP contribution in [-0.4, -0.2) is 45.9 Å². The molecule has 2 saturated heterocycles. The number of hydrogen-bond donors (Lipinski definition) is 0. The van der Waals surface area contributed by atoms with Crippen molar-refractivity contribution in [1.29, 1.82) is 0 Å². The Morgan fingerprint density at radius 2 is 2.17 bits per heavy atom. The van der Waals surface area contributed by atoms with Gasteiger partial charge in [0.1, 0.15) is 0 Å². The smallest absolute Gasteiger partial charge is 0.223 e. The number of aryl methyl sites for hydroxylation is 1. The second-order valence-corrected chi connectivity index (χ2v) is 8.17. The van der Waals surface area contributed by atoms with Crippen molar-refractivity contribution in [3.05, 3.63) is 16.1 Å². The predicted octanol–water partition coefficient (Wildman–Crippen LogP) is 3.60. The van der Waals surface area contributed by atoms with Gasteiger partial charge in [0, 0.05) is 23.9 Å². The van der Waals surface area contributed by atoms with Crippen molar-refractivity contribution in [1.82, 2.24) is 14.8 Å². The summed E-state index contributed by atoms with van der Waals surface area (Å²) in [7, 11) is 0. The molecule has 23 heavy (non-hydrogen) atoms.